The van der Waals surface area contributed by atoms with Gasteiger partial charge in [0.15, 0.2) is 0 Å². The first-order valence-electron chi connectivity index (χ1n) is 5.76. The van der Waals surface area contributed by atoms with Gasteiger partial charge in [0.2, 0.25) is 0 Å². The van der Waals surface area contributed by atoms with Crippen molar-refractivity contribution in [3.05, 3.63) is 68.7 Å². The van der Waals surface area contributed by atoms with Crippen LogP contribution in [0.3, 0.4) is 0 Å². The topological polar surface area (TPSA) is 0 Å². The SMILES string of the molecule is Cc1cc(C(Br)c2cccc(Br)c2C)c(F)cc1F. The molecule has 0 aliphatic heterocycles. The maximum Gasteiger partial charge on any atom is 0.130 e. The molecule has 0 aliphatic carbocycles. The summed E-state index contributed by atoms with van der Waals surface area (Å²) in [6.45, 7) is 3.59. The normalized spacial score (nSPS) is 12.5. The molecule has 0 aromatic heterocycles. The molecule has 2 aromatic carbocycles. The standard InChI is InChI=1S/C15H12Br2F2/c1-8-6-11(14(19)7-13(8)18)15(17)10-4-3-5-12(16)9(10)2/h3-7,15H,1-2H3. The van der Waals surface area contributed by atoms with Crippen molar-refractivity contribution in [2.24, 2.45) is 0 Å². The molecule has 2 aromatic rings. The van der Waals surface area contributed by atoms with E-state index in [0.717, 1.165) is 21.7 Å². The summed E-state index contributed by atoms with van der Waals surface area (Å²) in [5.74, 6) is -1.06. The van der Waals surface area contributed by atoms with Crippen molar-refractivity contribution >= 4 is 31.9 Å². The third kappa shape index (κ3) is 2.90. The molecule has 0 heterocycles. The van der Waals surface area contributed by atoms with Gasteiger partial charge in [-0.3, -0.25) is 0 Å². The van der Waals surface area contributed by atoms with E-state index in [4.69, 9.17) is 0 Å². The average molecular weight is 390 g/mol. The Morgan fingerprint density at radius 1 is 1.00 bits per heavy atom. The molecule has 100 valence electrons. The van der Waals surface area contributed by atoms with Gasteiger partial charge in [-0.15, -0.1) is 0 Å². The molecule has 2 rings (SSSR count). The van der Waals surface area contributed by atoms with Gasteiger partial charge in [0.05, 0.1) is 4.83 Å². The second-order valence-corrected chi connectivity index (χ2v) is 6.21. The average Bonchev–Trinajstić information content (AvgIpc) is 2.36. The van der Waals surface area contributed by atoms with E-state index in [1.54, 1.807) is 13.0 Å². The van der Waals surface area contributed by atoms with Crippen LogP contribution in [-0.4, -0.2) is 0 Å². The number of benzene rings is 2. The Balaban J connectivity index is 2.53. The highest BCUT2D eigenvalue weighted by molar-refractivity contribution is 9.10. The summed E-state index contributed by atoms with van der Waals surface area (Å²) in [6.07, 6.45) is 0. The van der Waals surface area contributed by atoms with Gasteiger partial charge in [0.1, 0.15) is 11.6 Å². The van der Waals surface area contributed by atoms with Crippen LogP contribution in [0.2, 0.25) is 0 Å². The number of alkyl halides is 1. The summed E-state index contributed by atoms with van der Waals surface area (Å²) >= 11 is 6.96. The summed E-state index contributed by atoms with van der Waals surface area (Å²) in [5, 5.41) is 0. The summed E-state index contributed by atoms with van der Waals surface area (Å²) in [7, 11) is 0. The summed E-state index contributed by atoms with van der Waals surface area (Å²) in [4.78, 5) is -0.302. The zero-order valence-corrected chi connectivity index (χ0v) is 13.6. The first kappa shape index (κ1) is 14.7. The monoisotopic (exact) mass is 388 g/mol. The summed E-state index contributed by atoms with van der Waals surface area (Å²) in [5.41, 5.74) is 2.87. The quantitative estimate of drug-likeness (QED) is 0.567. The van der Waals surface area contributed by atoms with Crippen LogP contribution in [0.15, 0.2) is 34.8 Å². The van der Waals surface area contributed by atoms with E-state index in [1.807, 2.05) is 25.1 Å². The second-order valence-electron chi connectivity index (χ2n) is 4.44. The molecule has 0 aliphatic rings. The summed E-state index contributed by atoms with van der Waals surface area (Å²) in [6, 6.07) is 8.24. The lowest BCUT2D eigenvalue weighted by atomic mass is 9.98. The summed E-state index contributed by atoms with van der Waals surface area (Å²) < 4.78 is 28.2. The minimum absolute atomic E-state index is 0.302. The van der Waals surface area contributed by atoms with Gasteiger partial charge in [-0.1, -0.05) is 44.0 Å². The van der Waals surface area contributed by atoms with Gasteiger partial charge in [-0.05, 0) is 42.7 Å². The van der Waals surface area contributed by atoms with Crippen molar-refractivity contribution in [1.29, 1.82) is 0 Å². The van der Waals surface area contributed by atoms with Crippen LogP contribution in [0.4, 0.5) is 8.78 Å². The van der Waals surface area contributed by atoms with E-state index in [0.29, 0.717) is 11.1 Å². The number of halogens is 4. The predicted molar refractivity (Wildman–Crippen MR) is 80.7 cm³/mol. The van der Waals surface area contributed by atoms with E-state index in [1.165, 1.54) is 0 Å². The van der Waals surface area contributed by atoms with Crippen molar-refractivity contribution in [2.45, 2.75) is 18.7 Å². The third-order valence-electron chi connectivity index (χ3n) is 3.13. The minimum atomic E-state index is -0.538. The fourth-order valence-electron chi connectivity index (χ4n) is 1.94. The van der Waals surface area contributed by atoms with Crippen molar-refractivity contribution in [3.8, 4) is 0 Å². The van der Waals surface area contributed by atoms with Crippen LogP contribution in [0, 0.1) is 25.5 Å². The Kier molecular flexibility index (Phi) is 4.41. The zero-order valence-electron chi connectivity index (χ0n) is 10.5. The van der Waals surface area contributed by atoms with E-state index < -0.39 is 11.6 Å². The van der Waals surface area contributed by atoms with Crippen LogP contribution in [0.25, 0.3) is 0 Å². The van der Waals surface area contributed by atoms with E-state index in [2.05, 4.69) is 31.9 Å². The van der Waals surface area contributed by atoms with Gasteiger partial charge >= 0.3 is 0 Å². The lowest BCUT2D eigenvalue weighted by molar-refractivity contribution is 0.569. The van der Waals surface area contributed by atoms with Crippen molar-refractivity contribution < 1.29 is 8.78 Å². The van der Waals surface area contributed by atoms with Crippen molar-refractivity contribution in [2.75, 3.05) is 0 Å². The molecule has 19 heavy (non-hydrogen) atoms. The van der Waals surface area contributed by atoms with Crippen LogP contribution < -0.4 is 0 Å². The van der Waals surface area contributed by atoms with Crippen molar-refractivity contribution in [3.63, 3.8) is 0 Å². The molecular weight excluding hydrogens is 378 g/mol. The van der Waals surface area contributed by atoms with Crippen LogP contribution in [0.5, 0.6) is 0 Å². The Morgan fingerprint density at radius 2 is 1.68 bits per heavy atom. The molecule has 0 saturated heterocycles. The number of hydrogen-bond acceptors (Lipinski definition) is 0. The van der Waals surface area contributed by atoms with Gasteiger partial charge in [0.25, 0.3) is 0 Å². The first-order chi connectivity index (χ1) is 8.91. The third-order valence-corrected chi connectivity index (χ3v) is 4.98. The Bertz CT molecular complexity index is 624. The minimum Gasteiger partial charge on any atom is -0.207 e. The molecule has 0 amide bonds. The number of rotatable bonds is 2. The number of hydrogen-bond donors (Lipinski definition) is 0. The zero-order chi connectivity index (χ0) is 14.2. The molecule has 0 radical (unpaired) electrons. The molecular formula is C15H12Br2F2. The van der Waals surface area contributed by atoms with Crippen molar-refractivity contribution in [1.82, 2.24) is 0 Å². The van der Waals surface area contributed by atoms with Crippen LogP contribution >= 0.6 is 31.9 Å². The highest BCUT2D eigenvalue weighted by atomic mass is 79.9. The van der Waals surface area contributed by atoms with E-state index in [9.17, 15) is 8.78 Å². The van der Waals surface area contributed by atoms with E-state index in [-0.39, 0.29) is 4.83 Å². The molecule has 0 nitrogen and oxygen atoms in total. The highest BCUT2D eigenvalue weighted by Crippen LogP contribution is 2.37. The highest BCUT2D eigenvalue weighted by Gasteiger charge is 2.19. The fraction of sp³-hybridized carbons (Fsp3) is 0.200. The van der Waals surface area contributed by atoms with Gasteiger partial charge in [-0.25, -0.2) is 8.78 Å². The largest absolute Gasteiger partial charge is 0.207 e. The lowest BCUT2D eigenvalue weighted by Gasteiger charge is -2.16. The number of aryl methyl sites for hydroxylation is 1. The van der Waals surface area contributed by atoms with Gasteiger partial charge < -0.3 is 0 Å². The second kappa shape index (κ2) is 5.71. The molecule has 4 heteroatoms. The molecule has 0 bridgehead atoms. The molecule has 1 atom stereocenters. The molecule has 0 N–H and O–H groups in total. The van der Waals surface area contributed by atoms with Gasteiger partial charge in [-0.2, -0.15) is 0 Å². The maximum absolute atomic E-state index is 13.9. The maximum atomic E-state index is 13.9. The van der Waals surface area contributed by atoms with Crippen LogP contribution in [-0.2, 0) is 0 Å². The fourth-order valence-corrected chi connectivity index (χ4v) is 3.17. The predicted octanol–water partition coefficient (Wildman–Crippen LogP) is 5.83. The van der Waals surface area contributed by atoms with Crippen LogP contribution in [0.1, 0.15) is 27.1 Å². The molecule has 1 unspecified atom stereocenters. The smallest absolute Gasteiger partial charge is 0.130 e. The van der Waals surface area contributed by atoms with Gasteiger partial charge in [0, 0.05) is 16.1 Å². The Labute approximate surface area is 128 Å². The Hall–Kier alpha value is -0.740. The molecule has 0 spiro atoms. The molecule has 0 saturated carbocycles. The van der Waals surface area contributed by atoms with E-state index >= 15 is 0 Å². The first-order valence-corrected chi connectivity index (χ1v) is 7.47. The lowest BCUT2D eigenvalue weighted by Crippen LogP contribution is -2.01. The Morgan fingerprint density at radius 3 is 2.37 bits per heavy atom. The molecule has 0 fully saturated rings.